The van der Waals surface area contributed by atoms with E-state index in [4.69, 9.17) is 16.3 Å². The highest BCUT2D eigenvalue weighted by Gasteiger charge is 2.05. The van der Waals surface area contributed by atoms with Gasteiger partial charge in [0.2, 0.25) is 0 Å². The topological polar surface area (TPSA) is 9.23 Å². The molecule has 0 aliphatic rings. The summed E-state index contributed by atoms with van der Waals surface area (Å²) in [5, 5.41) is 0. The standard InChI is InChI=1S/C15H19ClO/c1-4-14(5-2)17-15-9-8-13(7-6-10-16)12(3)11-15/h8-9,11,14H,4-5,10H2,1-3H3. The van der Waals surface area contributed by atoms with Crippen LogP contribution < -0.4 is 4.74 Å². The van der Waals surface area contributed by atoms with Crippen LogP contribution in [-0.2, 0) is 0 Å². The summed E-state index contributed by atoms with van der Waals surface area (Å²) in [4.78, 5) is 0. The Labute approximate surface area is 109 Å². The molecular weight excluding hydrogens is 232 g/mol. The normalized spacial score (nSPS) is 9.94. The molecule has 0 saturated heterocycles. The van der Waals surface area contributed by atoms with Crippen LogP contribution in [0.25, 0.3) is 0 Å². The van der Waals surface area contributed by atoms with Crippen molar-refractivity contribution in [1.82, 2.24) is 0 Å². The second-order valence-corrected chi connectivity index (χ2v) is 4.24. The van der Waals surface area contributed by atoms with Gasteiger partial charge in [-0.3, -0.25) is 0 Å². The van der Waals surface area contributed by atoms with Crippen molar-refractivity contribution in [3.63, 3.8) is 0 Å². The lowest BCUT2D eigenvalue weighted by Crippen LogP contribution is -2.13. The van der Waals surface area contributed by atoms with Crippen molar-refractivity contribution >= 4 is 11.6 Å². The minimum atomic E-state index is 0.300. The molecule has 0 aliphatic heterocycles. The van der Waals surface area contributed by atoms with Crippen molar-refractivity contribution in [3.8, 4) is 17.6 Å². The van der Waals surface area contributed by atoms with Crippen LogP contribution in [0.5, 0.6) is 5.75 Å². The minimum absolute atomic E-state index is 0.300. The first kappa shape index (κ1) is 13.9. The van der Waals surface area contributed by atoms with Crippen LogP contribution in [0.1, 0.15) is 37.8 Å². The second-order valence-electron chi connectivity index (χ2n) is 3.97. The predicted octanol–water partition coefficient (Wildman–Crippen LogP) is 4.15. The Morgan fingerprint density at radius 3 is 2.53 bits per heavy atom. The van der Waals surface area contributed by atoms with Gasteiger partial charge < -0.3 is 4.74 Å². The Kier molecular flexibility index (Phi) is 5.94. The minimum Gasteiger partial charge on any atom is -0.490 e. The lowest BCUT2D eigenvalue weighted by atomic mass is 10.1. The van der Waals surface area contributed by atoms with Gasteiger partial charge in [-0.05, 0) is 43.5 Å². The number of alkyl halides is 1. The average Bonchev–Trinajstić information content (AvgIpc) is 2.35. The first-order valence-electron chi connectivity index (χ1n) is 6.03. The highest BCUT2D eigenvalue weighted by atomic mass is 35.5. The zero-order chi connectivity index (χ0) is 12.7. The molecule has 1 aromatic carbocycles. The van der Waals surface area contributed by atoms with Crippen molar-refractivity contribution in [2.45, 2.75) is 39.7 Å². The van der Waals surface area contributed by atoms with E-state index in [9.17, 15) is 0 Å². The van der Waals surface area contributed by atoms with Crippen LogP contribution in [0, 0.1) is 18.8 Å². The van der Waals surface area contributed by atoms with Gasteiger partial charge in [0.25, 0.3) is 0 Å². The van der Waals surface area contributed by atoms with E-state index in [0.29, 0.717) is 12.0 Å². The molecule has 0 fully saturated rings. The van der Waals surface area contributed by atoms with Gasteiger partial charge in [-0.25, -0.2) is 0 Å². The zero-order valence-corrected chi connectivity index (χ0v) is 11.5. The molecular formula is C15H19ClO. The number of rotatable bonds is 4. The van der Waals surface area contributed by atoms with E-state index in [2.05, 4.69) is 25.7 Å². The van der Waals surface area contributed by atoms with Crippen LogP contribution in [0.3, 0.4) is 0 Å². The summed E-state index contributed by atoms with van der Waals surface area (Å²) in [5.74, 6) is 7.19. The summed E-state index contributed by atoms with van der Waals surface area (Å²) < 4.78 is 5.88. The third-order valence-electron chi connectivity index (χ3n) is 2.70. The largest absolute Gasteiger partial charge is 0.490 e. The predicted molar refractivity (Wildman–Crippen MR) is 73.8 cm³/mol. The van der Waals surface area contributed by atoms with E-state index in [1.54, 1.807) is 0 Å². The molecule has 92 valence electrons. The lowest BCUT2D eigenvalue weighted by molar-refractivity contribution is 0.193. The average molecular weight is 251 g/mol. The molecule has 1 nitrogen and oxygen atoms in total. The van der Waals surface area contributed by atoms with Crippen LogP contribution in [0.4, 0.5) is 0 Å². The van der Waals surface area contributed by atoms with Crippen molar-refractivity contribution in [2.75, 3.05) is 5.88 Å². The molecule has 0 heterocycles. The Morgan fingerprint density at radius 1 is 1.29 bits per heavy atom. The van der Waals surface area contributed by atoms with Crippen molar-refractivity contribution in [3.05, 3.63) is 29.3 Å². The van der Waals surface area contributed by atoms with E-state index < -0.39 is 0 Å². The molecule has 0 N–H and O–H groups in total. The van der Waals surface area contributed by atoms with Gasteiger partial charge in [0, 0.05) is 5.56 Å². The second kappa shape index (κ2) is 7.25. The highest BCUT2D eigenvalue weighted by Crippen LogP contribution is 2.19. The van der Waals surface area contributed by atoms with Crippen molar-refractivity contribution < 1.29 is 4.74 Å². The fourth-order valence-electron chi connectivity index (χ4n) is 1.63. The van der Waals surface area contributed by atoms with Crippen LogP contribution in [0.2, 0.25) is 0 Å². The molecule has 0 saturated carbocycles. The van der Waals surface area contributed by atoms with E-state index in [1.165, 1.54) is 0 Å². The first-order valence-corrected chi connectivity index (χ1v) is 6.56. The summed E-state index contributed by atoms with van der Waals surface area (Å²) in [6, 6.07) is 6.01. The first-order chi connectivity index (χ1) is 8.21. The molecule has 0 aromatic heterocycles. The molecule has 0 amide bonds. The van der Waals surface area contributed by atoms with Gasteiger partial charge in [-0.2, -0.15) is 0 Å². The Morgan fingerprint density at radius 2 is 2.00 bits per heavy atom. The molecule has 1 rings (SSSR count). The lowest BCUT2D eigenvalue weighted by Gasteiger charge is -2.16. The van der Waals surface area contributed by atoms with Crippen LogP contribution in [-0.4, -0.2) is 12.0 Å². The van der Waals surface area contributed by atoms with Crippen molar-refractivity contribution in [1.29, 1.82) is 0 Å². The molecule has 0 spiro atoms. The summed E-state index contributed by atoms with van der Waals surface area (Å²) in [6.07, 6.45) is 2.36. The Bertz CT molecular complexity index is 411. The molecule has 2 heteroatoms. The number of ether oxygens (including phenoxy) is 1. The summed E-state index contributed by atoms with van der Waals surface area (Å²) >= 11 is 5.54. The Balaban J connectivity index is 2.81. The molecule has 17 heavy (non-hydrogen) atoms. The van der Waals surface area contributed by atoms with Gasteiger partial charge in [0.15, 0.2) is 0 Å². The molecule has 0 atom stereocenters. The quantitative estimate of drug-likeness (QED) is 0.576. The number of aryl methyl sites for hydroxylation is 1. The molecule has 0 radical (unpaired) electrons. The molecule has 0 unspecified atom stereocenters. The van der Waals surface area contributed by atoms with E-state index >= 15 is 0 Å². The fourth-order valence-corrected chi connectivity index (χ4v) is 1.69. The summed E-state index contributed by atoms with van der Waals surface area (Å²) in [7, 11) is 0. The van der Waals surface area contributed by atoms with Gasteiger partial charge in [0.05, 0.1) is 12.0 Å². The van der Waals surface area contributed by atoms with Crippen molar-refractivity contribution in [2.24, 2.45) is 0 Å². The third kappa shape index (κ3) is 4.32. The van der Waals surface area contributed by atoms with Gasteiger partial charge in [-0.1, -0.05) is 25.7 Å². The zero-order valence-electron chi connectivity index (χ0n) is 10.7. The van der Waals surface area contributed by atoms with E-state index in [1.807, 2.05) is 25.1 Å². The Hall–Kier alpha value is -1.13. The van der Waals surface area contributed by atoms with Gasteiger partial charge in [-0.15, -0.1) is 11.6 Å². The summed E-state index contributed by atoms with van der Waals surface area (Å²) in [6.45, 7) is 6.32. The fraction of sp³-hybridized carbons (Fsp3) is 0.467. The van der Waals surface area contributed by atoms with E-state index in [0.717, 1.165) is 29.7 Å². The highest BCUT2D eigenvalue weighted by molar-refractivity contribution is 6.19. The number of hydrogen-bond acceptors (Lipinski definition) is 1. The maximum Gasteiger partial charge on any atom is 0.120 e. The number of halogens is 1. The van der Waals surface area contributed by atoms with Crippen LogP contribution >= 0.6 is 11.6 Å². The molecule has 1 aromatic rings. The SMILES string of the molecule is CCC(CC)Oc1ccc(C#CCCl)c(C)c1. The monoisotopic (exact) mass is 250 g/mol. The van der Waals surface area contributed by atoms with Crippen LogP contribution in [0.15, 0.2) is 18.2 Å². The van der Waals surface area contributed by atoms with E-state index in [-0.39, 0.29) is 0 Å². The smallest absolute Gasteiger partial charge is 0.120 e. The molecule has 0 bridgehead atoms. The number of benzene rings is 1. The van der Waals surface area contributed by atoms with Gasteiger partial charge in [0.1, 0.15) is 5.75 Å². The third-order valence-corrected chi connectivity index (χ3v) is 2.83. The summed E-state index contributed by atoms with van der Waals surface area (Å²) in [5.41, 5.74) is 2.15. The van der Waals surface area contributed by atoms with Gasteiger partial charge >= 0.3 is 0 Å². The number of hydrogen-bond donors (Lipinski definition) is 0. The molecule has 0 aliphatic carbocycles. The maximum absolute atomic E-state index is 5.88. The maximum atomic E-state index is 5.88.